The Hall–Kier alpha value is -1.46. The summed E-state index contributed by atoms with van der Waals surface area (Å²) >= 11 is 0. The second kappa shape index (κ2) is 12.4. The number of rotatable bonds is 9. The van der Waals surface area contributed by atoms with E-state index in [2.05, 4.69) is 40.5 Å². The minimum absolute atomic E-state index is 0. The van der Waals surface area contributed by atoms with Crippen LogP contribution in [-0.4, -0.2) is 37.7 Å². The van der Waals surface area contributed by atoms with Crippen molar-refractivity contribution in [2.24, 2.45) is 5.92 Å². The van der Waals surface area contributed by atoms with Crippen LogP contribution < -0.4 is 14.8 Å². The van der Waals surface area contributed by atoms with Gasteiger partial charge in [0.2, 0.25) is 0 Å². The van der Waals surface area contributed by atoms with E-state index in [0.717, 1.165) is 43.6 Å². The predicted octanol–water partition coefficient (Wildman–Crippen LogP) is 5.25. The number of hydrogen-bond acceptors (Lipinski definition) is 4. The highest BCUT2D eigenvalue weighted by molar-refractivity contribution is 5.85. The van der Waals surface area contributed by atoms with E-state index in [1.807, 2.05) is 25.1 Å². The highest BCUT2D eigenvalue weighted by Crippen LogP contribution is 2.42. The molecule has 0 radical (unpaired) electrons. The Kier molecular flexibility index (Phi) is 10.3. The number of ether oxygens (including phenoxy) is 2. The first kappa shape index (κ1) is 24.8. The summed E-state index contributed by atoms with van der Waals surface area (Å²) in [5.41, 5.74) is 2.53. The van der Waals surface area contributed by atoms with E-state index in [9.17, 15) is 0 Å². The van der Waals surface area contributed by atoms with Gasteiger partial charge in [-0.25, -0.2) is 0 Å². The third kappa shape index (κ3) is 6.78. The SMILES string of the molecule is CCOc1cc([C@@H](CC2CC2)N2CCNCC2)ccc1OCc1ccccc1.Cl.Cl. The molecule has 1 saturated heterocycles. The number of piperazine rings is 1. The van der Waals surface area contributed by atoms with Crippen LogP contribution >= 0.6 is 24.8 Å². The molecule has 166 valence electrons. The summed E-state index contributed by atoms with van der Waals surface area (Å²) in [7, 11) is 0. The Morgan fingerprint density at radius 3 is 2.37 bits per heavy atom. The lowest BCUT2D eigenvalue weighted by Crippen LogP contribution is -2.45. The Morgan fingerprint density at radius 1 is 0.967 bits per heavy atom. The molecule has 30 heavy (non-hydrogen) atoms. The molecule has 1 saturated carbocycles. The van der Waals surface area contributed by atoms with Gasteiger partial charge in [0.05, 0.1) is 6.61 Å². The smallest absolute Gasteiger partial charge is 0.161 e. The zero-order valence-corrected chi connectivity index (χ0v) is 19.4. The van der Waals surface area contributed by atoms with Gasteiger partial charge >= 0.3 is 0 Å². The molecule has 2 fully saturated rings. The van der Waals surface area contributed by atoms with E-state index in [4.69, 9.17) is 9.47 Å². The molecule has 4 rings (SSSR count). The lowest BCUT2D eigenvalue weighted by atomic mass is 9.98. The topological polar surface area (TPSA) is 33.7 Å². The molecule has 2 aromatic rings. The van der Waals surface area contributed by atoms with E-state index >= 15 is 0 Å². The molecular formula is C24H34Cl2N2O2. The largest absolute Gasteiger partial charge is 0.490 e. The zero-order chi connectivity index (χ0) is 19.2. The standard InChI is InChI=1S/C24H32N2O2.2ClH/c1-2-27-24-17-21(10-11-23(24)28-18-20-6-4-3-5-7-20)22(16-19-8-9-19)26-14-12-25-13-15-26;;/h3-7,10-11,17,19,22,25H,2,8-9,12-16,18H2,1H3;2*1H/t22-;;/m1../s1. The zero-order valence-electron chi connectivity index (χ0n) is 17.7. The Labute approximate surface area is 193 Å². The summed E-state index contributed by atoms with van der Waals surface area (Å²) in [5.74, 6) is 2.59. The first-order chi connectivity index (χ1) is 13.8. The van der Waals surface area contributed by atoms with Crippen LogP contribution in [-0.2, 0) is 6.61 Å². The van der Waals surface area contributed by atoms with E-state index in [-0.39, 0.29) is 24.8 Å². The van der Waals surface area contributed by atoms with Crippen molar-refractivity contribution >= 4 is 24.8 Å². The highest BCUT2D eigenvalue weighted by Gasteiger charge is 2.31. The summed E-state index contributed by atoms with van der Waals surface area (Å²) in [6.07, 6.45) is 4.04. The third-order valence-corrected chi connectivity index (χ3v) is 5.74. The van der Waals surface area contributed by atoms with Crippen molar-refractivity contribution in [3.63, 3.8) is 0 Å². The summed E-state index contributed by atoms with van der Waals surface area (Å²) in [4.78, 5) is 2.64. The van der Waals surface area contributed by atoms with Gasteiger partial charge in [0.15, 0.2) is 11.5 Å². The number of nitrogens with one attached hydrogen (secondary N) is 1. The van der Waals surface area contributed by atoms with Crippen molar-refractivity contribution in [1.82, 2.24) is 10.2 Å². The van der Waals surface area contributed by atoms with Crippen molar-refractivity contribution in [3.8, 4) is 11.5 Å². The molecule has 1 aliphatic carbocycles. The maximum Gasteiger partial charge on any atom is 0.161 e. The van der Waals surface area contributed by atoms with Gasteiger partial charge in [0, 0.05) is 32.2 Å². The predicted molar refractivity (Wildman–Crippen MR) is 127 cm³/mol. The summed E-state index contributed by atoms with van der Waals surface area (Å²) < 4.78 is 12.1. The molecule has 0 spiro atoms. The van der Waals surface area contributed by atoms with Gasteiger partial charge in [0.25, 0.3) is 0 Å². The van der Waals surface area contributed by atoms with Crippen LogP contribution in [0, 0.1) is 5.92 Å². The van der Waals surface area contributed by atoms with Gasteiger partial charge in [-0.3, -0.25) is 4.90 Å². The molecule has 6 heteroatoms. The monoisotopic (exact) mass is 452 g/mol. The molecule has 0 unspecified atom stereocenters. The first-order valence-electron chi connectivity index (χ1n) is 10.7. The van der Waals surface area contributed by atoms with Gasteiger partial charge in [0.1, 0.15) is 6.61 Å². The van der Waals surface area contributed by atoms with E-state index < -0.39 is 0 Å². The van der Waals surface area contributed by atoms with Gasteiger partial charge in [-0.2, -0.15) is 0 Å². The average molecular weight is 453 g/mol. The Balaban J connectivity index is 0.00000160. The minimum atomic E-state index is 0. The van der Waals surface area contributed by atoms with Crippen LogP contribution in [0.1, 0.15) is 43.4 Å². The first-order valence-corrected chi connectivity index (χ1v) is 10.7. The van der Waals surface area contributed by atoms with Crippen LogP contribution in [0.5, 0.6) is 11.5 Å². The van der Waals surface area contributed by atoms with Gasteiger partial charge in [-0.05, 0) is 42.5 Å². The lowest BCUT2D eigenvalue weighted by molar-refractivity contribution is 0.160. The van der Waals surface area contributed by atoms with Gasteiger partial charge in [-0.15, -0.1) is 24.8 Å². The molecule has 1 atom stereocenters. The molecule has 0 bridgehead atoms. The number of hydrogen-bond donors (Lipinski definition) is 1. The second-order valence-corrected chi connectivity index (χ2v) is 7.89. The summed E-state index contributed by atoms with van der Waals surface area (Å²) in [5, 5.41) is 3.48. The average Bonchev–Trinajstić information content (AvgIpc) is 3.57. The van der Waals surface area contributed by atoms with Crippen molar-refractivity contribution < 1.29 is 9.47 Å². The van der Waals surface area contributed by atoms with Crippen molar-refractivity contribution in [2.75, 3.05) is 32.8 Å². The quantitative estimate of drug-likeness (QED) is 0.562. The van der Waals surface area contributed by atoms with Crippen LogP contribution in [0.25, 0.3) is 0 Å². The van der Waals surface area contributed by atoms with E-state index in [0.29, 0.717) is 19.3 Å². The number of halogens is 2. The Bertz CT molecular complexity index is 750. The van der Waals surface area contributed by atoms with Crippen molar-refractivity contribution in [1.29, 1.82) is 0 Å². The molecule has 1 aliphatic heterocycles. The van der Waals surface area contributed by atoms with E-state index in [1.165, 1.54) is 30.4 Å². The normalized spacial score (nSPS) is 17.4. The van der Waals surface area contributed by atoms with Crippen LogP contribution in [0.4, 0.5) is 0 Å². The molecule has 1 heterocycles. The van der Waals surface area contributed by atoms with Crippen LogP contribution in [0.2, 0.25) is 0 Å². The molecule has 2 aliphatic rings. The molecule has 2 aromatic carbocycles. The Morgan fingerprint density at radius 2 is 1.70 bits per heavy atom. The summed E-state index contributed by atoms with van der Waals surface area (Å²) in [6, 6.07) is 17.3. The molecule has 4 nitrogen and oxygen atoms in total. The minimum Gasteiger partial charge on any atom is -0.490 e. The van der Waals surface area contributed by atoms with Gasteiger partial charge < -0.3 is 14.8 Å². The number of benzene rings is 2. The lowest BCUT2D eigenvalue weighted by Gasteiger charge is -2.35. The fourth-order valence-corrected chi connectivity index (χ4v) is 4.01. The maximum atomic E-state index is 6.10. The van der Waals surface area contributed by atoms with Crippen molar-refractivity contribution in [2.45, 2.75) is 38.8 Å². The highest BCUT2D eigenvalue weighted by atomic mass is 35.5. The third-order valence-electron chi connectivity index (χ3n) is 5.74. The molecule has 0 amide bonds. The van der Waals surface area contributed by atoms with Crippen LogP contribution in [0.15, 0.2) is 48.5 Å². The molecular weight excluding hydrogens is 419 g/mol. The number of nitrogens with zero attached hydrogens (tertiary/aromatic N) is 1. The molecule has 0 aromatic heterocycles. The van der Waals surface area contributed by atoms with Crippen molar-refractivity contribution in [3.05, 3.63) is 59.7 Å². The fraction of sp³-hybridized carbons (Fsp3) is 0.500. The van der Waals surface area contributed by atoms with Gasteiger partial charge in [-0.1, -0.05) is 49.2 Å². The molecule has 1 N–H and O–H groups in total. The van der Waals surface area contributed by atoms with Crippen LogP contribution in [0.3, 0.4) is 0 Å². The fourth-order valence-electron chi connectivity index (χ4n) is 4.01. The summed E-state index contributed by atoms with van der Waals surface area (Å²) in [6.45, 7) is 7.64. The maximum absolute atomic E-state index is 6.10. The second-order valence-electron chi connectivity index (χ2n) is 7.89. The van der Waals surface area contributed by atoms with E-state index in [1.54, 1.807) is 0 Å².